The van der Waals surface area contributed by atoms with E-state index in [1.807, 2.05) is 6.92 Å². The lowest BCUT2D eigenvalue weighted by atomic mass is 9.90. The Morgan fingerprint density at radius 3 is 2.67 bits per heavy atom. The molecule has 8 nitrogen and oxygen atoms in total. The highest BCUT2D eigenvalue weighted by Gasteiger charge is 2.38. The number of carbonyl (C=O) groups is 1. The van der Waals surface area contributed by atoms with Gasteiger partial charge in [0.05, 0.1) is 29.6 Å². The Balaban J connectivity index is 1.96. The van der Waals surface area contributed by atoms with Gasteiger partial charge in [-0.3, -0.25) is 9.48 Å². The van der Waals surface area contributed by atoms with E-state index in [2.05, 4.69) is 26.5 Å². The van der Waals surface area contributed by atoms with Gasteiger partial charge in [0.15, 0.2) is 0 Å². The van der Waals surface area contributed by atoms with Crippen LogP contribution in [-0.4, -0.2) is 31.8 Å². The molecule has 3 N–H and O–H groups in total. The second-order valence-electron chi connectivity index (χ2n) is 7.53. The standard InChI is InChI=1S/C22H22F3N7O/c1-4-14(8-26)18-7-15(5-6-17(18)20(27)33)19-12(2)9-28-21(31-19)30-16-10-29-32(11-16)13(3)22(23,24)25/h5-7,9-11,13-14H,4H2,1-3H3,(H2,27,33)(H,28,30,31)/t13?,14-/m1/s1. The minimum atomic E-state index is -4.43. The van der Waals surface area contributed by atoms with Crippen molar-refractivity contribution in [1.82, 2.24) is 19.7 Å². The number of aromatic nitrogens is 4. The van der Waals surface area contributed by atoms with Crippen LogP contribution in [0.2, 0.25) is 0 Å². The first-order valence-corrected chi connectivity index (χ1v) is 10.1. The summed E-state index contributed by atoms with van der Waals surface area (Å²) in [6.45, 7) is 4.64. The van der Waals surface area contributed by atoms with Crippen molar-refractivity contribution in [2.45, 2.75) is 45.3 Å². The first-order chi connectivity index (χ1) is 15.5. The van der Waals surface area contributed by atoms with Gasteiger partial charge in [-0.1, -0.05) is 13.0 Å². The molecular weight excluding hydrogens is 435 g/mol. The number of primary amides is 1. The maximum Gasteiger partial charge on any atom is 0.410 e. The first kappa shape index (κ1) is 23.7. The Kier molecular flexibility index (Phi) is 6.67. The van der Waals surface area contributed by atoms with Crippen molar-refractivity contribution in [2.24, 2.45) is 5.73 Å². The number of nitriles is 1. The van der Waals surface area contributed by atoms with Crippen LogP contribution in [0.1, 0.15) is 53.7 Å². The molecule has 0 aliphatic rings. The van der Waals surface area contributed by atoms with Gasteiger partial charge in [0.25, 0.3) is 0 Å². The molecule has 11 heteroatoms. The fraction of sp³-hybridized carbons (Fsp3) is 0.318. The van der Waals surface area contributed by atoms with E-state index in [1.165, 1.54) is 12.4 Å². The molecule has 0 aliphatic heterocycles. The number of nitrogens with one attached hydrogen (secondary N) is 1. The molecule has 2 atom stereocenters. The summed E-state index contributed by atoms with van der Waals surface area (Å²) in [6.07, 6.45) is 0.113. The van der Waals surface area contributed by atoms with E-state index in [9.17, 15) is 23.2 Å². The maximum atomic E-state index is 12.9. The topological polar surface area (TPSA) is 123 Å². The number of nitrogens with two attached hydrogens (primary N) is 1. The zero-order valence-corrected chi connectivity index (χ0v) is 18.2. The second kappa shape index (κ2) is 9.28. The molecule has 3 aromatic rings. The lowest BCUT2D eigenvalue weighted by Crippen LogP contribution is -2.23. The van der Waals surface area contributed by atoms with E-state index in [-0.39, 0.29) is 11.5 Å². The van der Waals surface area contributed by atoms with E-state index in [0.29, 0.717) is 28.9 Å². The van der Waals surface area contributed by atoms with Gasteiger partial charge in [0, 0.05) is 23.5 Å². The molecule has 1 aromatic carbocycles. The minimum Gasteiger partial charge on any atom is -0.366 e. The van der Waals surface area contributed by atoms with E-state index in [0.717, 1.165) is 17.2 Å². The summed E-state index contributed by atoms with van der Waals surface area (Å²) in [5.74, 6) is -0.992. The van der Waals surface area contributed by atoms with Crippen LogP contribution in [0.3, 0.4) is 0 Å². The summed E-state index contributed by atoms with van der Waals surface area (Å²) in [6, 6.07) is 5.34. The molecule has 1 amide bonds. The molecule has 33 heavy (non-hydrogen) atoms. The third kappa shape index (κ3) is 5.11. The average Bonchev–Trinajstić information content (AvgIpc) is 3.22. The number of rotatable bonds is 7. The molecule has 0 saturated carbocycles. The van der Waals surface area contributed by atoms with Gasteiger partial charge in [-0.05, 0) is 43.5 Å². The Morgan fingerprint density at radius 1 is 1.33 bits per heavy atom. The van der Waals surface area contributed by atoms with Crippen LogP contribution in [-0.2, 0) is 0 Å². The van der Waals surface area contributed by atoms with Crippen LogP contribution in [0.25, 0.3) is 11.3 Å². The molecule has 2 heterocycles. The Morgan fingerprint density at radius 2 is 2.06 bits per heavy atom. The molecule has 0 radical (unpaired) electrons. The number of benzene rings is 1. The number of alkyl halides is 3. The van der Waals surface area contributed by atoms with E-state index in [1.54, 1.807) is 31.3 Å². The quantitative estimate of drug-likeness (QED) is 0.533. The van der Waals surface area contributed by atoms with Crippen molar-refractivity contribution in [3.8, 4) is 17.3 Å². The number of hydrogen-bond acceptors (Lipinski definition) is 6. The van der Waals surface area contributed by atoms with Gasteiger partial charge in [0.1, 0.15) is 6.04 Å². The summed E-state index contributed by atoms with van der Waals surface area (Å²) in [5.41, 5.74) is 8.46. The fourth-order valence-corrected chi connectivity index (χ4v) is 3.29. The lowest BCUT2D eigenvalue weighted by molar-refractivity contribution is -0.165. The van der Waals surface area contributed by atoms with Crippen LogP contribution >= 0.6 is 0 Å². The molecule has 1 unspecified atom stereocenters. The molecule has 3 rings (SSSR count). The summed E-state index contributed by atoms with van der Waals surface area (Å²) in [5, 5.41) is 16.1. The third-order valence-electron chi connectivity index (χ3n) is 5.23. The van der Waals surface area contributed by atoms with Crippen LogP contribution in [0.4, 0.5) is 24.8 Å². The lowest BCUT2D eigenvalue weighted by Gasteiger charge is -2.15. The monoisotopic (exact) mass is 457 g/mol. The number of nitrogens with zero attached hydrogens (tertiary/aromatic N) is 5. The molecule has 0 saturated heterocycles. The van der Waals surface area contributed by atoms with Gasteiger partial charge in [0.2, 0.25) is 11.9 Å². The van der Waals surface area contributed by atoms with Crippen molar-refractivity contribution < 1.29 is 18.0 Å². The zero-order chi connectivity index (χ0) is 24.3. The minimum absolute atomic E-state index is 0.155. The van der Waals surface area contributed by atoms with Crippen molar-refractivity contribution in [2.75, 3.05) is 5.32 Å². The third-order valence-corrected chi connectivity index (χ3v) is 5.23. The van der Waals surface area contributed by atoms with Crippen molar-refractivity contribution in [3.63, 3.8) is 0 Å². The number of amides is 1. The predicted molar refractivity (Wildman–Crippen MR) is 116 cm³/mol. The van der Waals surface area contributed by atoms with Gasteiger partial charge >= 0.3 is 6.18 Å². The van der Waals surface area contributed by atoms with Crippen molar-refractivity contribution in [3.05, 3.63) is 53.5 Å². The van der Waals surface area contributed by atoms with Crippen LogP contribution < -0.4 is 11.1 Å². The Labute approximate surface area is 188 Å². The number of halogens is 3. The maximum absolute atomic E-state index is 12.9. The Hall–Kier alpha value is -3.94. The number of aryl methyl sites for hydroxylation is 1. The van der Waals surface area contributed by atoms with Crippen LogP contribution in [0, 0.1) is 18.3 Å². The molecule has 0 bridgehead atoms. The smallest absolute Gasteiger partial charge is 0.366 e. The predicted octanol–water partition coefficient (Wildman–Crippen LogP) is 4.63. The molecule has 172 valence electrons. The normalized spacial score (nSPS) is 13.2. The molecule has 2 aromatic heterocycles. The van der Waals surface area contributed by atoms with Gasteiger partial charge < -0.3 is 11.1 Å². The highest BCUT2D eigenvalue weighted by Crippen LogP contribution is 2.32. The van der Waals surface area contributed by atoms with Gasteiger partial charge in [-0.25, -0.2) is 9.97 Å². The molecule has 0 spiro atoms. The number of carbonyl (C=O) groups excluding carboxylic acids is 1. The molecular formula is C22H22F3N7O. The summed E-state index contributed by atoms with van der Waals surface area (Å²) in [4.78, 5) is 20.5. The molecule has 0 aliphatic carbocycles. The van der Waals surface area contributed by atoms with Crippen LogP contribution in [0.15, 0.2) is 36.8 Å². The zero-order valence-electron chi connectivity index (χ0n) is 18.2. The Bertz CT molecular complexity index is 1210. The number of hydrogen-bond donors (Lipinski definition) is 2. The van der Waals surface area contributed by atoms with Gasteiger partial charge in [-0.2, -0.15) is 23.5 Å². The highest BCUT2D eigenvalue weighted by atomic mass is 19.4. The van der Waals surface area contributed by atoms with Crippen molar-refractivity contribution >= 4 is 17.5 Å². The largest absolute Gasteiger partial charge is 0.410 e. The second-order valence-corrected chi connectivity index (χ2v) is 7.53. The summed E-state index contributed by atoms with van der Waals surface area (Å²) in [7, 11) is 0. The SMILES string of the molecule is CC[C@H](C#N)c1cc(-c2nc(Nc3cnn(C(C)C(F)(F)F)c3)ncc2C)ccc1C(N)=O. The van der Waals surface area contributed by atoms with Gasteiger partial charge in [-0.15, -0.1) is 0 Å². The first-order valence-electron chi connectivity index (χ1n) is 10.1. The molecule has 0 fully saturated rings. The van der Waals surface area contributed by atoms with Crippen LogP contribution in [0.5, 0.6) is 0 Å². The summed E-state index contributed by atoms with van der Waals surface area (Å²) < 4.78 is 39.6. The van der Waals surface area contributed by atoms with Crippen molar-refractivity contribution in [1.29, 1.82) is 5.26 Å². The highest BCUT2D eigenvalue weighted by molar-refractivity contribution is 5.95. The fourth-order valence-electron chi connectivity index (χ4n) is 3.29. The average molecular weight is 457 g/mol. The van der Waals surface area contributed by atoms with E-state index >= 15 is 0 Å². The number of anilines is 2. The summed E-state index contributed by atoms with van der Waals surface area (Å²) >= 11 is 0. The van der Waals surface area contributed by atoms with E-state index < -0.39 is 24.0 Å². The van der Waals surface area contributed by atoms with E-state index in [4.69, 9.17) is 5.73 Å².